The van der Waals surface area contributed by atoms with Crippen molar-refractivity contribution in [1.82, 2.24) is 10.6 Å². The molecule has 1 aromatic rings. The fourth-order valence-electron chi connectivity index (χ4n) is 1.82. The number of rotatable bonds is 8. The van der Waals surface area contributed by atoms with Crippen LogP contribution in [0.1, 0.15) is 18.1 Å². The maximum absolute atomic E-state index is 12.4. The number of hydrogen-bond acceptors (Lipinski definition) is 3. The number of halogens is 2. The first kappa shape index (κ1) is 18.5. The quantitative estimate of drug-likeness (QED) is 0.437. The highest BCUT2D eigenvalue weighted by Crippen LogP contribution is 2.22. The number of thioether (sulfide) groups is 1. The van der Waals surface area contributed by atoms with Crippen molar-refractivity contribution >= 4 is 17.7 Å². The van der Waals surface area contributed by atoms with Gasteiger partial charge in [-0.2, -0.15) is 20.5 Å². The van der Waals surface area contributed by atoms with Crippen molar-refractivity contribution in [1.29, 1.82) is 0 Å². The van der Waals surface area contributed by atoms with E-state index in [0.29, 0.717) is 11.5 Å². The van der Waals surface area contributed by atoms with Gasteiger partial charge in [0.05, 0.1) is 6.54 Å². The second-order valence-electron chi connectivity index (χ2n) is 4.60. The minimum Gasteiger partial charge on any atom is -0.434 e. The number of benzene rings is 1. The molecule has 0 radical (unpaired) electrons. The summed E-state index contributed by atoms with van der Waals surface area (Å²) in [5.41, 5.74) is 1.62. The van der Waals surface area contributed by atoms with Crippen LogP contribution in [0, 0.1) is 6.92 Å². The van der Waals surface area contributed by atoms with Crippen molar-refractivity contribution in [3.63, 3.8) is 0 Å². The summed E-state index contributed by atoms with van der Waals surface area (Å²) in [6.45, 7) is 2.85. The monoisotopic (exact) mass is 331 g/mol. The normalized spacial score (nSPS) is 11.6. The number of aryl methyl sites for hydroxylation is 1. The molecule has 0 aliphatic carbocycles. The lowest BCUT2D eigenvalue weighted by Gasteiger charge is -2.13. The molecule has 1 aromatic carbocycles. The molecular weight excluding hydrogens is 308 g/mol. The maximum atomic E-state index is 12.4. The molecule has 2 N–H and O–H groups in total. The standard InChI is InChI=1S/C15H23F2N3OS/c1-4-18-15(19-7-8-22-3)20-10-12-9-11(2)5-6-13(12)21-14(16)17/h5-6,9,14H,4,7-8,10H2,1-3H3,(H2,18,19,20). The number of aliphatic imine (C=N–C) groups is 1. The van der Waals surface area contributed by atoms with Crippen LogP contribution in [0.25, 0.3) is 0 Å². The molecule has 0 saturated heterocycles. The average molecular weight is 331 g/mol. The summed E-state index contributed by atoms with van der Waals surface area (Å²) in [6, 6.07) is 5.11. The first-order chi connectivity index (χ1) is 10.6. The van der Waals surface area contributed by atoms with Crippen molar-refractivity contribution in [3.05, 3.63) is 29.3 Å². The molecule has 124 valence electrons. The molecule has 0 heterocycles. The van der Waals surface area contributed by atoms with E-state index in [-0.39, 0.29) is 12.3 Å². The van der Waals surface area contributed by atoms with E-state index in [9.17, 15) is 8.78 Å². The molecule has 0 aliphatic rings. The molecule has 1 rings (SSSR count). The van der Waals surface area contributed by atoms with Crippen LogP contribution in [-0.2, 0) is 6.54 Å². The highest BCUT2D eigenvalue weighted by molar-refractivity contribution is 7.98. The van der Waals surface area contributed by atoms with E-state index in [1.807, 2.05) is 26.2 Å². The Kier molecular flexibility index (Phi) is 8.65. The van der Waals surface area contributed by atoms with Gasteiger partial charge in [0.2, 0.25) is 0 Å². The zero-order valence-electron chi connectivity index (χ0n) is 13.2. The minimum absolute atomic E-state index is 0.171. The van der Waals surface area contributed by atoms with Crippen LogP contribution in [0.3, 0.4) is 0 Å². The van der Waals surface area contributed by atoms with Gasteiger partial charge in [-0.05, 0) is 26.2 Å². The van der Waals surface area contributed by atoms with E-state index in [2.05, 4.69) is 20.4 Å². The molecule has 0 unspecified atom stereocenters. The van der Waals surface area contributed by atoms with Crippen LogP contribution in [0.4, 0.5) is 8.78 Å². The van der Waals surface area contributed by atoms with Gasteiger partial charge in [-0.15, -0.1) is 0 Å². The van der Waals surface area contributed by atoms with Gasteiger partial charge in [0.15, 0.2) is 5.96 Å². The smallest absolute Gasteiger partial charge is 0.387 e. The lowest BCUT2D eigenvalue weighted by atomic mass is 10.1. The molecule has 0 atom stereocenters. The molecule has 4 nitrogen and oxygen atoms in total. The molecule has 0 aliphatic heterocycles. The fraction of sp³-hybridized carbons (Fsp3) is 0.533. The van der Waals surface area contributed by atoms with Gasteiger partial charge in [-0.1, -0.05) is 17.7 Å². The van der Waals surface area contributed by atoms with Gasteiger partial charge in [0.1, 0.15) is 5.75 Å². The first-order valence-corrected chi connectivity index (χ1v) is 8.51. The SMILES string of the molecule is CCNC(=NCc1cc(C)ccc1OC(F)F)NCCSC. The third kappa shape index (κ3) is 6.98. The fourth-order valence-corrected chi connectivity index (χ4v) is 2.13. The zero-order chi connectivity index (χ0) is 16.4. The number of alkyl halides is 2. The minimum atomic E-state index is -2.83. The summed E-state index contributed by atoms with van der Waals surface area (Å²) in [4.78, 5) is 4.42. The number of nitrogens with one attached hydrogen (secondary N) is 2. The third-order valence-corrected chi connectivity index (χ3v) is 3.39. The van der Waals surface area contributed by atoms with Crippen molar-refractivity contribution in [2.45, 2.75) is 27.0 Å². The van der Waals surface area contributed by atoms with E-state index < -0.39 is 6.61 Å². The molecule has 0 fully saturated rings. The second kappa shape index (κ2) is 10.3. The number of hydrogen-bond donors (Lipinski definition) is 2. The van der Waals surface area contributed by atoms with Gasteiger partial charge in [0.25, 0.3) is 0 Å². The van der Waals surface area contributed by atoms with Crippen LogP contribution < -0.4 is 15.4 Å². The van der Waals surface area contributed by atoms with Crippen LogP contribution in [0.5, 0.6) is 5.75 Å². The van der Waals surface area contributed by atoms with E-state index >= 15 is 0 Å². The van der Waals surface area contributed by atoms with E-state index in [0.717, 1.165) is 24.4 Å². The Bertz CT molecular complexity index is 484. The van der Waals surface area contributed by atoms with E-state index in [4.69, 9.17) is 0 Å². The summed E-state index contributed by atoms with van der Waals surface area (Å²) >= 11 is 1.74. The zero-order valence-corrected chi connectivity index (χ0v) is 14.0. The Hall–Kier alpha value is -1.50. The molecule has 0 amide bonds. The highest BCUT2D eigenvalue weighted by atomic mass is 32.2. The Morgan fingerprint density at radius 2 is 2.14 bits per heavy atom. The Balaban J connectivity index is 2.80. The van der Waals surface area contributed by atoms with Crippen molar-refractivity contribution in [2.24, 2.45) is 4.99 Å². The largest absolute Gasteiger partial charge is 0.434 e. The van der Waals surface area contributed by atoms with Gasteiger partial charge in [0, 0.05) is 24.4 Å². The van der Waals surface area contributed by atoms with Crippen LogP contribution in [-0.4, -0.2) is 37.7 Å². The molecular formula is C15H23F2N3OS. The predicted molar refractivity (Wildman–Crippen MR) is 89.0 cm³/mol. The molecule has 0 aromatic heterocycles. The molecule has 22 heavy (non-hydrogen) atoms. The molecule has 7 heteroatoms. The maximum Gasteiger partial charge on any atom is 0.387 e. The second-order valence-corrected chi connectivity index (χ2v) is 5.59. The van der Waals surface area contributed by atoms with Crippen LogP contribution >= 0.6 is 11.8 Å². The average Bonchev–Trinajstić information content (AvgIpc) is 2.47. The summed E-state index contributed by atoms with van der Waals surface area (Å²) in [5, 5.41) is 6.32. The highest BCUT2D eigenvalue weighted by Gasteiger charge is 2.10. The van der Waals surface area contributed by atoms with Gasteiger partial charge >= 0.3 is 6.61 Å². The molecule has 0 spiro atoms. The Morgan fingerprint density at radius 3 is 2.77 bits per heavy atom. The molecule has 0 saturated carbocycles. The van der Waals surface area contributed by atoms with Crippen LogP contribution in [0.15, 0.2) is 23.2 Å². The van der Waals surface area contributed by atoms with Crippen LogP contribution in [0.2, 0.25) is 0 Å². The lowest BCUT2D eigenvalue weighted by molar-refractivity contribution is -0.0504. The van der Waals surface area contributed by atoms with Gasteiger partial charge < -0.3 is 15.4 Å². The lowest BCUT2D eigenvalue weighted by Crippen LogP contribution is -2.38. The number of nitrogens with zero attached hydrogens (tertiary/aromatic N) is 1. The first-order valence-electron chi connectivity index (χ1n) is 7.12. The Labute approximate surface area is 134 Å². The topological polar surface area (TPSA) is 45.7 Å². The van der Waals surface area contributed by atoms with Crippen molar-refractivity contribution in [3.8, 4) is 5.75 Å². The Morgan fingerprint density at radius 1 is 1.36 bits per heavy atom. The van der Waals surface area contributed by atoms with Gasteiger partial charge in [-0.3, -0.25) is 0 Å². The summed E-state index contributed by atoms with van der Waals surface area (Å²) in [5.74, 6) is 1.81. The van der Waals surface area contributed by atoms with Crippen molar-refractivity contribution in [2.75, 3.05) is 25.1 Å². The number of guanidine groups is 1. The summed E-state index contributed by atoms with van der Waals surface area (Å²) in [6.07, 6.45) is 2.03. The molecule has 0 bridgehead atoms. The predicted octanol–water partition coefficient (Wildman–Crippen LogP) is 3.01. The summed E-state index contributed by atoms with van der Waals surface area (Å²) in [7, 11) is 0. The number of ether oxygens (including phenoxy) is 1. The third-order valence-electron chi connectivity index (χ3n) is 2.78. The van der Waals surface area contributed by atoms with Crippen molar-refractivity contribution < 1.29 is 13.5 Å². The van der Waals surface area contributed by atoms with E-state index in [1.165, 1.54) is 0 Å². The summed E-state index contributed by atoms with van der Waals surface area (Å²) < 4.78 is 29.4. The van der Waals surface area contributed by atoms with Gasteiger partial charge in [-0.25, -0.2) is 4.99 Å². The van der Waals surface area contributed by atoms with E-state index in [1.54, 1.807) is 23.9 Å².